The lowest BCUT2D eigenvalue weighted by Crippen LogP contribution is -2.95. The number of carbonyl (C=O) groups excluding carboxylic acids is 1. The number of fused-ring (bicyclic) bond motifs is 6. The molecule has 8 N–H and O–H groups in total. The van der Waals surface area contributed by atoms with Crippen molar-refractivity contribution in [2.24, 2.45) is 58.0 Å². The summed E-state index contributed by atoms with van der Waals surface area (Å²) in [6.45, 7) is 12.5. The molecular weight excluding hydrogens is 693 g/mol. The number of quaternary nitrogens is 1. The minimum Gasteiger partial charge on any atom is -0.390 e. The van der Waals surface area contributed by atoms with Gasteiger partial charge in [0.05, 0.1) is 42.2 Å². The SMILES string of the molecule is CCCCCOC(C1OC2CCC(CCC)CCC2C1C)C(C)(O)C1CCC2(O)C3=CC(=O)C4CC(O)C(O)CC4(CCC4CCC(N)[NH2+]C4)C3CCC12C. The number of aliphatic hydroxyl groups is 4. The van der Waals surface area contributed by atoms with E-state index in [1.165, 1.54) is 32.1 Å². The third-order valence-corrected chi connectivity index (χ3v) is 17.6. The highest BCUT2D eigenvalue weighted by Crippen LogP contribution is 2.70. The second-order valence-corrected chi connectivity index (χ2v) is 20.6. The molecule has 0 spiro atoms. The maximum absolute atomic E-state index is 14.4. The molecule has 17 atom stereocenters. The van der Waals surface area contributed by atoms with Crippen LogP contribution in [0, 0.1) is 52.3 Å². The molecule has 0 radical (unpaired) electrons. The zero-order chi connectivity index (χ0) is 39.3. The van der Waals surface area contributed by atoms with Crippen molar-refractivity contribution in [2.75, 3.05) is 13.2 Å². The molecule has 7 rings (SSSR count). The zero-order valence-corrected chi connectivity index (χ0v) is 35.1. The van der Waals surface area contributed by atoms with Gasteiger partial charge < -0.3 is 35.2 Å². The number of allylic oxidation sites excluding steroid dienone is 1. The molecule has 314 valence electrons. The highest BCUT2D eigenvalue weighted by molar-refractivity contribution is 5.95. The maximum atomic E-state index is 14.4. The Kier molecular flexibility index (Phi) is 12.8. The molecule has 0 bridgehead atoms. The number of ketones is 1. The summed E-state index contributed by atoms with van der Waals surface area (Å²) in [5.41, 5.74) is 3.31. The van der Waals surface area contributed by atoms with Gasteiger partial charge in [0.25, 0.3) is 0 Å². The number of hydrogen-bond donors (Lipinski definition) is 6. The highest BCUT2D eigenvalue weighted by Gasteiger charge is 2.70. The summed E-state index contributed by atoms with van der Waals surface area (Å²) in [6.07, 6.45) is 17.0. The van der Waals surface area contributed by atoms with Crippen molar-refractivity contribution in [3.05, 3.63) is 11.6 Å². The molecule has 7 aliphatic rings. The summed E-state index contributed by atoms with van der Waals surface area (Å²) >= 11 is 0. The molecule has 6 fully saturated rings. The van der Waals surface area contributed by atoms with Crippen molar-refractivity contribution in [3.63, 3.8) is 0 Å². The zero-order valence-electron chi connectivity index (χ0n) is 35.1. The minimum absolute atomic E-state index is 0.00710. The van der Waals surface area contributed by atoms with Gasteiger partial charge in [0.2, 0.25) is 0 Å². The fourth-order valence-electron chi connectivity index (χ4n) is 14.4. The number of carbonyl (C=O) groups is 1. The van der Waals surface area contributed by atoms with Gasteiger partial charge in [-0.15, -0.1) is 0 Å². The standard InChI is InChI=1S/C46H78N2O7/c1-6-8-9-23-54-42(41-28(3)31-14-11-29(10-7-2)12-15-38(31)55-41)44(5,52)39-19-22-46(53)33-24-35(49)34-25-36(50)37(51)26-45(34,32(33)18-20-43(39,46)4)21-17-30-13-16-40(47)48-27-30/h24,28-32,34,36-42,48,50-53H,6-23,25-27,47H2,1-5H3/p+1. The predicted octanol–water partition coefficient (Wildman–Crippen LogP) is 5.55. The average molecular weight is 772 g/mol. The Labute approximate surface area is 332 Å². The van der Waals surface area contributed by atoms with Crippen LogP contribution in [0.2, 0.25) is 0 Å². The third kappa shape index (κ3) is 7.48. The fraction of sp³-hybridized carbons (Fsp3) is 0.935. The van der Waals surface area contributed by atoms with Crippen LogP contribution in [-0.2, 0) is 14.3 Å². The average Bonchev–Trinajstić information content (AvgIpc) is 3.52. The largest absolute Gasteiger partial charge is 0.390 e. The van der Waals surface area contributed by atoms with Crippen LogP contribution < -0.4 is 11.1 Å². The van der Waals surface area contributed by atoms with E-state index in [0.717, 1.165) is 75.8 Å². The molecule has 0 aromatic heterocycles. The van der Waals surface area contributed by atoms with Crippen LogP contribution >= 0.6 is 0 Å². The molecule has 0 amide bonds. The van der Waals surface area contributed by atoms with Gasteiger partial charge in [-0.2, -0.15) is 0 Å². The Morgan fingerprint density at radius 3 is 2.47 bits per heavy atom. The molecule has 17 unspecified atom stereocenters. The van der Waals surface area contributed by atoms with Crippen LogP contribution in [0.5, 0.6) is 0 Å². The lowest BCUT2D eigenvalue weighted by molar-refractivity contribution is -0.703. The van der Waals surface area contributed by atoms with E-state index in [0.29, 0.717) is 44.1 Å². The fourth-order valence-corrected chi connectivity index (χ4v) is 14.4. The summed E-state index contributed by atoms with van der Waals surface area (Å²) in [5, 5.41) is 50.8. The number of unbranched alkanes of at least 4 members (excludes halogenated alkanes) is 2. The third-order valence-electron chi connectivity index (χ3n) is 17.6. The van der Waals surface area contributed by atoms with Gasteiger partial charge >= 0.3 is 0 Å². The second-order valence-electron chi connectivity index (χ2n) is 20.6. The number of rotatable bonds is 13. The van der Waals surface area contributed by atoms with Crippen LogP contribution in [-0.4, -0.2) is 87.2 Å². The molecule has 0 aromatic carbocycles. The first-order valence-corrected chi connectivity index (χ1v) is 23.1. The first-order chi connectivity index (χ1) is 26.2. The summed E-state index contributed by atoms with van der Waals surface area (Å²) in [7, 11) is 0. The Hall–Kier alpha value is -0.910. The van der Waals surface area contributed by atoms with E-state index in [1.54, 1.807) is 6.08 Å². The maximum Gasteiger partial charge on any atom is 0.159 e. The molecular formula is C46H79N2O7+. The van der Waals surface area contributed by atoms with E-state index in [1.807, 2.05) is 6.92 Å². The topological polar surface area (TPSA) is 159 Å². The second kappa shape index (κ2) is 16.6. The Morgan fingerprint density at radius 2 is 1.75 bits per heavy atom. The lowest BCUT2D eigenvalue weighted by Gasteiger charge is -2.62. The molecule has 2 aliphatic heterocycles. The number of nitrogens with two attached hydrogens (primary N) is 2. The summed E-state index contributed by atoms with van der Waals surface area (Å²) in [6, 6.07) is 0. The van der Waals surface area contributed by atoms with Crippen molar-refractivity contribution < 1.29 is 40.0 Å². The van der Waals surface area contributed by atoms with Gasteiger partial charge in [-0.25, -0.2) is 0 Å². The van der Waals surface area contributed by atoms with Crippen LogP contribution in [0.1, 0.15) is 157 Å². The van der Waals surface area contributed by atoms with E-state index in [-0.39, 0.29) is 54.2 Å². The van der Waals surface area contributed by atoms with Gasteiger partial charge in [-0.1, -0.05) is 59.8 Å². The van der Waals surface area contributed by atoms with E-state index in [2.05, 4.69) is 33.0 Å². The van der Waals surface area contributed by atoms with Crippen LogP contribution in [0.25, 0.3) is 0 Å². The van der Waals surface area contributed by atoms with Gasteiger partial charge in [-0.3, -0.25) is 10.5 Å². The Morgan fingerprint density at radius 1 is 0.982 bits per heavy atom. The molecule has 2 heterocycles. The van der Waals surface area contributed by atoms with Crippen LogP contribution in [0.3, 0.4) is 0 Å². The first-order valence-electron chi connectivity index (χ1n) is 23.1. The van der Waals surface area contributed by atoms with E-state index in [9.17, 15) is 25.2 Å². The monoisotopic (exact) mass is 772 g/mol. The normalized spacial score (nSPS) is 47.5. The molecule has 0 aromatic rings. The Bertz CT molecular complexity index is 1370. The molecule has 2 saturated heterocycles. The van der Waals surface area contributed by atoms with E-state index >= 15 is 0 Å². The minimum atomic E-state index is -1.27. The molecule has 5 aliphatic carbocycles. The number of ether oxygens (including phenoxy) is 2. The smallest absolute Gasteiger partial charge is 0.159 e. The molecule has 4 saturated carbocycles. The van der Waals surface area contributed by atoms with Crippen molar-refractivity contribution in [2.45, 2.75) is 205 Å². The van der Waals surface area contributed by atoms with Crippen LogP contribution in [0.15, 0.2) is 11.6 Å². The predicted molar refractivity (Wildman–Crippen MR) is 214 cm³/mol. The van der Waals surface area contributed by atoms with Crippen molar-refractivity contribution in [3.8, 4) is 0 Å². The van der Waals surface area contributed by atoms with Gasteiger partial charge in [0, 0.05) is 30.3 Å². The summed E-state index contributed by atoms with van der Waals surface area (Å²) < 4.78 is 13.9. The first kappa shape index (κ1) is 42.2. The van der Waals surface area contributed by atoms with Gasteiger partial charge in [0.1, 0.15) is 12.3 Å². The quantitative estimate of drug-likeness (QED) is 0.133. The number of aliphatic hydroxyl groups excluding tert-OH is 2. The molecule has 55 heavy (non-hydrogen) atoms. The number of piperidine rings is 1. The van der Waals surface area contributed by atoms with Crippen LogP contribution in [0.4, 0.5) is 0 Å². The number of hydrogen-bond acceptors (Lipinski definition) is 8. The summed E-state index contributed by atoms with van der Waals surface area (Å²) in [4.78, 5) is 14.4. The highest BCUT2D eigenvalue weighted by atomic mass is 16.6. The lowest BCUT2D eigenvalue weighted by atomic mass is 9.44. The van der Waals surface area contributed by atoms with Gasteiger partial charge in [0.15, 0.2) is 5.78 Å². The summed E-state index contributed by atoms with van der Waals surface area (Å²) in [5.74, 6) is 1.30. The van der Waals surface area contributed by atoms with E-state index in [4.69, 9.17) is 15.2 Å². The van der Waals surface area contributed by atoms with Gasteiger partial charge in [-0.05, 0) is 137 Å². The van der Waals surface area contributed by atoms with Crippen molar-refractivity contribution in [1.29, 1.82) is 0 Å². The molecule has 9 nitrogen and oxygen atoms in total. The van der Waals surface area contributed by atoms with Crippen molar-refractivity contribution >= 4 is 5.78 Å². The molecule has 9 heteroatoms. The van der Waals surface area contributed by atoms with Crippen molar-refractivity contribution in [1.82, 2.24) is 0 Å². The van der Waals surface area contributed by atoms with E-state index < -0.39 is 40.3 Å². The Balaban J connectivity index is 1.17.